The van der Waals surface area contributed by atoms with Crippen LogP contribution in [0.5, 0.6) is 0 Å². The molecule has 0 spiro atoms. The summed E-state index contributed by atoms with van der Waals surface area (Å²) in [5.74, 6) is 0. The lowest BCUT2D eigenvalue weighted by atomic mass is 10.1. The van der Waals surface area contributed by atoms with Gasteiger partial charge in [-0.05, 0) is 37.3 Å². The van der Waals surface area contributed by atoms with Crippen molar-refractivity contribution in [3.8, 4) is 0 Å². The van der Waals surface area contributed by atoms with E-state index in [2.05, 4.69) is 124 Å². The zero-order chi connectivity index (χ0) is 27.5. The molecule has 5 nitrogen and oxygen atoms in total. The largest absolute Gasteiger partial charge is 0.400 e. The SMILES string of the molecule is CC(NC[Si](C)(C)C)c1ccccc1.CO.CO.COCN(C[Si](C)(C)C)C(C)c1ccccc1. The van der Waals surface area contributed by atoms with Gasteiger partial charge in [0.15, 0.2) is 0 Å². The molecular formula is C28H54N2O3Si2. The van der Waals surface area contributed by atoms with Gasteiger partial charge in [0.2, 0.25) is 0 Å². The molecule has 202 valence electrons. The second kappa shape index (κ2) is 19.8. The molecule has 2 atom stereocenters. The summed E-state index contributed by atoms with van der Waals surface area (Å²) in [4.78, 5) is 2.43. The van der Waals surface area contributed by atoms with E-state index in [0.717, 1.165) is 20.4 Å². The van der Waals surface area contributed by atoms with Crippen molar-refractivity contribution < 1.29 is 14.9 Å². The van der Waals surface area contributed by atoms with Gasteiger partial charge in [0.05, 0.1) is 22.9 Å². The standard InChI is InChI=1S/C14H25NOSi.C12H21NSi.2CH4O/c1-13(14-9-7-6-8-10-14)15(11-16-2)12-17(3,4)5;1-11(13-10-14(2,3)4)12-8-6-5-7-9-12;2*1-2/h6-10,13H,11-12H2,1-5H3;5-9,11,13H,10H2,1-4H3;2*2H,1H3. The van der Waals surface area contributed by atoms with Gasteiger partial charge in [0, 0.05) is 33.4 Å². The van der Waals surface area contributed by atoms with Crippen molar-refractivity contribution in [2.45, 2.75) is 65.2 Å². The summed E-state index contributed by atoms with van der Waals surface area (Å²) in [7, 11) is 1.70. The molecule has 2 unspecified atom stereocenters. The third-order valence-electron chi connectivity index (χ3n) is 5.04. The minimum absolute atomic E-state index is 0.419. The Morgan fingerprint density at radius 1 is 0.743 bits per heavy atom. The van der Waals surface area contributed by atoms with Crippen molar-refractivity contribution in [3.05, 3.63) is 71.8 Å². The molecular weight excluding hydrogens is 468 g/mol. The Labute approximate surface area is 218 Å². The van der Waals surface area contributed by atoms with Crippen molar-refractivity contribution >= 4 is 16.1 Å². The molecule has 2 aromatic rings. The van der Waals surface area contributed by atoms with Crippen LogP contribution in [0, 0.1) is 0 Å². The molecule has 0 bridgehead atoms. The van der Waals surface area contributed by atoms with Crippen molar-refractivity contribution in [2.75, 3.05) is 40.4 Å². The van der Waals surface area contributed by atoms with Crippen LogP contribution in [0.2, 0.25) is 39.3 Å². The minimum Gasteiger partial charge on any atom is -0.400 e. The molecule has 0 radical (unpaired) electrons. The third-order valence-corrected chi connectivity index (χ3v) is 7.66. The molecule has 0 amide bonds. The van der Waals surface area contributed by atoms with E-state index in [-0.39, 0.29) is 0 Å². The number of ether oxygens (including phenoxy) is 1. The van der Waals surface area contributed by atoms with Crippen LogP contribution < -0.4 is 5.32 Å². The van der Waals surface area contributed by atoms with E-state index in [0.29, 0.717) is 18.8 Å². The fourth-order valence-electron chi connectivity index (χ4n) is 3.33. The van der Waals surface area contributed by atoms with Crippen LogP contribution >= 0.6 is 0 Å². The van der Waals surface area contributed by atoms with Crippen LogP contribution in [0.15, 0.2) is 60.7 Å². The predicted octanol–water partition coefficient (Wildman–Crippen LogP) is 5.96. The van der Waals surface area contributed by atoms with Crippen LogP contribution in [-0.2, 0) is 4.74 Å². The minimum atomic E-state index is -1.11. The Morgan fingerprint density at radius 3 is 1.54 bits per heavy atom. The topological polar surface area (TPSA) is 65.0 Å². The number of methoxy groups -OCH3 is 1. The average Bonchev–Trinajstić information content (AvgIpc) is 2.84. The smallest absolute Gasteiger partial charge is 0.0988 e. The monoisotopic (exact) mass is 522 g/mol. The number of aliphatic hydroxyl groups is 2. The average molecular weight is 523 g/mol. The molecule has 0 aliphatic carbocycles. The fraction of sp³-hybridized carbons (Fsp3) is 0.571. The number of nitrogens with one attached hydrogen (secondary N) is 1. The number of benzene rings is 2. The van der Waals surface area contributed by atoms with E-state index < -0.39 is 16.1 Å². The zero-order valence-corrected chi connectivity index (χ0v) is 26.3. The summed E-state index contributed by atoms with van der Waals surface area (Å²) < 4.78 is 5.34. The molecule has 0 fully saturated rings. The zero-order valence-electron chi connectivity index (χ0n) is 24.3. The molecule has 7 heteroatoms. The van der Waals surface area contributed by atoms with Crippen LogP contribution in [0.4, 0.5) is 0 Å². The van der Waals surface area contributed by atoms with E-state index in [1.54, 1.807) is 7.11 Å². The summed E-state index contributed by atoms with van der Waals surface area (Å²) in [6, 6.07) is 22.2. The summed E-state index contributed by atoms with van der Waals surface area (Å²) in [6.07, 6.45) is 2.35. The Kier molecular flexibility index (Phi) is 20.3. The van der Waals surface area contributed by atoms with Gasteiger partial charge < -0.3 is 20.3 Å². The number of aliphatic hydroxyl groups excluding tert-OH is 2. The Hall–Kier alpha value is -1.33. The van der Waals surface area contributed by atoms with Crippen molar-refractivity contribution in [1.82, 2.24) is 10.2 Å². The summed E-state index contributed by atoms with van der Waals surface area (Å²) in [6.45, 7) is 19.5. The highest BCUT2D eigenvalue weighted by molar-refractivity contribution is 6.76. The molecule has 2 rings (SSSR count). The molecule has 0 aromatic heterocycles. The van der Waals surface area contributed by atoms with Gasteiger partial charge >= 0.3 is 0 Å². The lowest BCUT2D eigenvalue weighted by Crippen LogP contribution is -2.42. The van der Waals surface area contributed by atoms with Gasteiger partial charge in [-0.3, -0.25) is 4.90 Å². The first-order chi connectivity index (χ1) is 16.4. The van der Waals surface area contributed by atoms with Gasteiger partial charge in [-0.15, -0.1) is 0 Å². The Morgan fingerprint density at radius 2 is 1.17 bits per heavy atom. The van der Waals surface area contributed by atoms with E-state index in [1.165, 1.54) is 17.3 Å². The van der Waals surface area contributed by atoms with E-state index in [1.807, 2.05) is 0 Å². The fourth-order valence-corrected chi connectivity index (χ4v) is 5.83. The lowest BCUT2D eigenvalue weighted by molar-refractivity contribution is 0.0497. The molecule has 0 heterocycles. The molecule has 35 heavy (non-hydrogen) atoms. The quantitative estimate of drug-likeness (QED) is 0.265. The number of rotatable bonds is 10. The van der Waals surface area contributed by atoms with Gasteiger partial charge in [0.25, 0.3) is 0 Å². The number of nitrogens with zero attached hydrogens (tertiary/aromatic N) is 1. The van der Waals surface area contributed by atoms with E-state index >= 15 is 0 Å². The maximum Gasteiger partial charge on any atom is 0.0988 e. The van der Waals surface area contributed by atoms with E-state index in [9.17, 15) is 0 Å². The Bertz CT molecular complexity index is 720. The highest BCUT2D eigenvalue weighted by Crippen LogP contribution is 2.21. The molecule has 2 aromatic carbocycles. The van der Waals surface area contributed by atoms with Crippen LogP contribution in [0.3, 0.4) is 0 Å². The molecule has 0 saturated heterocycles. The summed E-state index contributed by atoms with van der Waals surface area (Å²) in [5, 5.41) is 17.6. The number of hydrogen-bond donors (Lipinski definition) is 3. The first kappa shape index (κ1) is 35.8. The molecule has 0 saturated carbocycles. The normalized spacial score (nSPS) is 12.7. The summed E-state index contributed by atoms with van der Waals surface area (Å²) in [5.41, 5.74) is 2.74. The Balaban J connectivity index is 0. The highest BCUT2D eigenvalue weighted by atomic mass is 28.3. The van der Waals surface area contributed by atoms with Crippen molar-refractivity contribution in [3.63, 3.8) is 0 Å². The van der Waals surface area contributed by atoms with Crippen LogP contribution in [0.1, 0.15) is 37.1 Å². The van der Waals surface area contributed by atoms with Crippen molar-refractivity contribution in [1.29, 1.82) is 0 Å². The second-order valence-corrected chi connectivity index (χ2v) is 21.8. The second-order valence-electron chi connectivity index (χ2n) is 10.9. The number of hydrogen-bond acceptors (Lipinski definition) is 5. The van der Waals surface area contributed by atoms with Gasteiger partial charge in [-0.25, -0.2) is 0 Å². The maximum atomic E-state index is 7.00. The predicted molar refractivity (Wildman–Crippen MR) is 159 cm³/mol. The maximum absolute atomic E-state index is 7.00. The van der Waals surface area contributed by atoms with Crippen LogP contribution in [-0.4, -0.2) is 71.7 Å². The first-order valence-electron chi connectivity index (χ1n) is 12.4. The summed E-state index contributed by atoms with van der Waals surface area (Å²) >= 11 is 0. The van der Waals surface area contributed by atoms with Crippen molar-refractivity contribution in [2.24, 2.45) is 0 Å². The molecule has 3 N–H and O–H groups in total. The van der Waals surface area contributed by atoms with Crippen LogP contribution in [0.25, 0.3) is 0 Å². The molecule has 0 aliphatic rings. The highest BCUT2D eigenvalue weighted by Gasteiger charge is 2.23. The van der Waals surface area contributed by atoms with Gasteiger partial charge in [0.1, 0.15) is 0 Å². The van der Waals surface area contributed by atoms with Gasteiger partial charge in [-0.2, -0.15) is 0 Å². The van der Waals surface area contributed by atoms with Gasteiger partial charge in [-0.1, -0.05) is 99.9 Å². The van der Waals surface area contributed by atoms with E-state index in [4.69, 9.17) is 14.9 Å². The lowest BCUT2D eigenvalue weighted by Gasteiger charge is -2.33. The molecule has 0 aliphatic heterocycles. The third kappa shape index (κ3) is 18.6. The first-order valence-corrected chi connectivity index (χ1v) is 19.8.